The molecule has 4 atom stereocenters. The SMILES string of the molecule is C[C@@H]1C[C@@H](O)c2ncnc(N3CCN(C(=O)[C@@H](c4ccc(C(N)=O)cc4)C4CCCN4)CC3)c21. The first kappa shape index (κ1) is 22.7. The van der Waals surface area contributed by atoms with Gasteiger partial charge in [-0.05, 0) is 49.4 Å². The lowest BCUT2D eigenvalue weighted by atomic mass is 9.88. The second-order valence-corrected chi connectivity index (χ2v) is 9.63. The van der Waals surface area contributed by atoms with E-state index in [1.807, 2.05) is 17.0 Å². The van der Waals surface area contributed by atoms with Gasteiger partial charge in [-0.25, -0.2) is 9.97 Å². The number of carbonyl (C=O) groups is 2. The normalized spacial score (nSPS) is 25.3. The van der Waals surface area contributed by atoms with E-state index in [-0.39, 0.29) is 23.8 Å². The summed E-state index contributed by atoms with van der Waals surface area (Å²) in [6, 6.07) is 7.20. The number of nitrogens with zero attached hydrogens (tertiary/aromatic N) is 4. The summed E-state index contributed by atoms with van der Waals surface area (Å²) in [4.78, 5) is 38.3. The third kappa shape index (κ3) is 4.14. The molecule has 5 rings (SSSR count). The number of nitrogens with two attached hydrogens (primary N) is 1. The van der Waals surface area contributed by atoms with Gasteiger partial charge >= 0.3 is 0 Å². The lowest BCUT2D eigenvalue weighted by Gasteiger charge is -2.38. The number of carbonyl (C=O) groups excluding carboxylic acids is 2. The number of rotatable bonds is 5. The van der Waals surface area contributed by atoms with Crippen molar-refractivity contribution >= 4 is 17.6 Å². The molecule has 2 aromatic rings. The van der Waals surface area contributed by atoms with E-state index >= 15 is 0 Å². The second kappa shape index (κ2) is 9.31. The zero-order chi connectivity index (χ0) is 23.8. The molecule has 3 aliphatic rings. The molecular weight excluding hydrogens is 432 g/mol. The molecule has 1 aromatic heterocycles. The lowest BCUT2D eigenvalue weighted by molar-refractivity contribution is -0.133. The largest absolute Gasteiger partial charge is 0.387 e. The van der Waals surface area contributed by atoms with Crippen molar-refractivity contribution in [3.8, 4) is 0 Å². The van der Waals surface area contributed by atoms with E-state index in [0.717, 1.165) is 42.0 Å². The molecule has 9 nitrogen and oxygen atoms in total. The van der Waals surface area contributed by atoms with Crippen molar-refractivity contribution in [1.29, 1.82) is 0 Å². The Labute approximate surface area is 199 Å². The molecule has 2 amide bonds. The Morgan fingerprint density at radius 2 is 1.88 bits per heavy atom. The molecule has 0 bridgehead atoms. The van der Waals surface area contributed by atoms with Gasteiger partial charge < -0.3 is 26.0 Å². The smallest absolute Gasteiger partial charge is 0.248 e. The Hall–Kier alpha value is -3.04. The Morgan fingerprint density at radius 1 is 1.15 bits per heavy atom. The number of hydrogen-bond donors (Lipinski definition) is 3. The van der Waals surface area contributed by atoms with Crippen LogP contribution in [-0.2, 0) is 4.79 Å². The highest BCUT2D eigenvalue weighted by molar-refractivity contribution is 5.93. The van der Waals surface area contributed by atoms with Gasteiger partial charge in [-0.15, -0.1) is 0 Å². The van der Waals surface area contributed by atoms with E-state index in [0.29, 0.717) is 38.2 Å². The summed E-state index contributed by atoms with van der Waals surface area (Å²) >= 11 is 0. The molecule has 9 heteroatoms. The summed E-state index contributed by atoms with van der Waals surface area (Å²) in [6.45, 7) is 5.59. The average molecular weight is 465 g/mol. The minimum absolute atomic E-state index is 0.0810. The monoisotopic (exact) mass is 464 g/mol. The molecule has 34 heavy (non-hydrogen) atoms. The van der Waals surface area contributed by atoms with Crippen LogP contribution in [0.4, 0.5) is 5.82 Å². The van der Waals surface area contributed by atoms with Crippen molar-refractivity contribution in [2.45, 2.75) is 50.2 Å². The first-order valence-corrected chi connectivity index (χ1v) is 12.1. The topological polar surface area (TPSA) is 125 Å². The molecule has 0 spiro atoms. The van der Waals surface area contributed by atoms with Crippen molar-refractivity contribution in [3.63, 3.8) is 0 Å². The van der Waals surface area contributed by atoms with Crippen LogP contribution in [0.15, 0.2) is 30.6 Å². The Morgan fingerprint density at radius 3 is 2.53 bits per heavy atom. The number of aliphatic hydroxyl groups is 1. The quantitative estimate of drug-likeness (QED) is 0.609. The Balaban J connectivity index is 1.32. The Kier molecular flexibility index (Phi) is 6.22. The highest BCUT2D eigenvalue weighted by Crippen LogP contribution is 2.42. The number of amides is 2. The minimum Gasteiger partial charge on any atom is -0.387 e. The molecule has 2 aliphatic heterocycles. The van der Waals surface area contributed by atoms with Crippen LogP contribution in [0.2, 0.25) is 0 Å². The van der Waals surface area contributed by atoms with Crippen molar-refractivity contribution in [2.75, 3.05) is 37.6 Å². The van der Waals surface area contributed by atoms with Crippen LogP contribution in [0.5, 0.6) is 0 Å². The molecule has 180 valence electrons. The number of fused-ring (bicyclic) bond motifs is 1. The number of anilines is 1. The number of hydrogen-bond acceptors (Lipinski definition) is 7. The zero-order valence-electron chi connectivity index (χ0n) is 19.5. The molecule has 1 aromatic carbocycles. The number of aromatic nitrogens is 2. The summed E-state index contributed by atoms with van der Waals surface area (Å²) in [5, 5.41) is 13.8. The first-order chi connectivity index (χ1) is 16.4. The summed E-state index contributed by atoms with van der Waals surface area (Å²) in [6.07, 6.45) is 3.66. The fourth-order valence-corrected chi connectivity index (χ4v) is 5.69. The van der Waals surface area contributed by atoms with Gasteiger partial charge in [-0.2, -0.15) is 0 Å². The molecular formula is C25H32N6O3. The van der Waals surface area contributed by atoms with E-state index in [9.17, 15) is 14.7 Å². The number of nitrogens with one attached hydrogen (secondary N) is 1. The maximum Gasteiger partial charge on any atom is 0.248 e. The zero-order valence-corrected chi connectivity index (χ0v) is 19.5. The van der Waals surface area contributed by atoms with Gasteiger partial charge in [-0.1, -0.05) is 19.1 Å². The summed E-state index contributed by atoms with van der Waals surface area (Å²) in [5.74, 6) is 0.443. The molecule has 2 saturated heterocycles. The number of piperazine rings is 1. The van der Waals surface area contributed by atoms with Crippen molar-refractivity contribution < 1.29 is 14.7 Å². The van der Waals surface area contributed by atoms with Gasteiger partial charge in [0.2, 0.25) is 11.8 Å². The van der Waals surface area contributed by atoms with Crippen LogP contribution in [0.1, 0.15) is 71.3 Å². The van der Waals surface area contributed by atoms with Crippen molar-refractivity contribution in [2.24, 2.45) is 5.73 Å². The van der Waals surface area contributed by atoms with Crippen LogP contribution in [0.25, 0.3) is 0 Å². The second-order valence-electron chi connectivity index (χ2n) is 9.63. The Bertz CT molecular complexity index is 1060. The highest BCUT2D eigenvalue weighted by Gasteiger charge is 2.37. The minimum atomic E-state index is -0.532. The molecule has 0 saturated carbocycles. The van der Waals surface area contributed by atoms with Crippen molar-refractivity contribution in [3.05, 3.63) is 53.0 Å². The summed E-state index contributed by atoms with van der Waals surface area (Å²) in [5.41, 5.74) is 8.53. The highest BCUT2D eigenvalue weighted by atomic mass is 16.3. The van der Waals surface area contributed by atoms with Gasteiger partial charge in [0, 0.05) is 43.3 Å². The number of benzene rings is 1. The fourth-order valence-electron chi connectivity index (χ4n) is 5.69. The number of primary amides is 1. The van der Waals surface area contributed by atoms with E-state index in [2.05, 4.69) is 27.1 Å². The van der Waals surface area contributed by atoms with Crippen LogP contribution in [0.3, 0.4) is 0 Å². The first-order valence-electron chi connectivity index (χ1n) is 12.1. The van der Waals surface area contributed by atoms with E-state index < -0.39 is 12.0 Å². The van der Waals surface area contributed by atoms with Gasteiger partial charge in [-0.3, -0.25) is 9.59 Å². The lowest BCUT2D eigenvalue weighted by Crippen LogP contribution is -2.52. The third-order valence-electron chi connectivity index (χ3n) is 7.49. The van der Waals surface area contributed by atoms with Crippen LogP contribution >= 0.6 is 0 Å². The van der Waals surface area contributed by atoms with Gasteiger partial charge in [0.15, 0.2) is 0 Å². The maximum absolute atomic E-state index is 13.7. The van der Waals surface area contributed by atoms with Gasteiger partial charge in [0.05, 0.1) is 17.7 Å². The molecule has 4 N–H and O–H groups in total. The van der Waals surface area contributed by atoms with Crippen LogP contribution < -0.4 is 16.0 Å². The maximum atomic E-state index is 13.7. The third-order valence-corrected chi connectivity index (χ3v) is 7.49. The molecule has 3 heterocycles. The fraction of sp³-hybridized carbons (Fsp3) is 0.520. The predicted molar refractivity (Wildman–Crippen MR) is 128 cm³/mol. The van der Waals surface area contributed by atoms with Crippen LogP contribution in [0, 0.1) is 0 Å². The predicted octanol–water partition coefficient (Wildman–Crippen LogP) is 1.30. The van der Waals surface area contributed by atoms with E-state index in [4.69, 9.17) is 5.73 Å². The summed E-state index contributed by atoms with van der Waals surface area (Å²) in [7, 11) is 0. The van der Waals surface area contributed by atoms with Crippen LogP contribution in [-0.4, -0.2) is 70.6 Å². The molecule has 0 radical (unpaired) electrons. The average Bonchev–Trinajstić information content (AvgIpc) is 3.48. The summed E-state index contributed by atoms with van der Waals surface area (Å²) < 4.78 is 0. The van der Waals surface area contributed by atoms with E-state index in [1.165, 1.54) is 6.33 Å². The molecule has 2 fully saturated rings. The number of aliphatic hydroxyl groups excluding tert-OH is 1. The van der Waals surface area contributed by atoms with E-state index in [1.54, 1.807) is 12.1 Å². The molecule has 1 aliphatic carbocycles. The van der Waals surface area contributed by atoms with Gasteiger partial charge in [0.1, 0.15) is 12.1 Å². The standard InChI is InChI=1S/C25H32N6O3/c1-15-13-19(32)22-20(15)24(29-14-28-22)30-9-11-31(12-10-30)25(34)21(18-3-2-8-27-18)16-4-6-17(7-5-16)23(26)33/h4-7,14-15,18-19,21,27,32H,2-3,8-13H2,1H3,(H2,26,33)/t15-,18?,19-,21+/m1/s1. The molecule has 1 unspecified atom stereocenters. The van der Waals surface area contributed by atoms with Gasteiger partial charge in [0.25, 0.3) is 0 Å². The van der Waals surface area contributed by atoms with Crippen molar-refractivity contribution in [1.82, 2.24) is 20.2 Å².